The first kappa shape index (κ1) is 49.0. The third-order valence-electron chi connectivity index (χ3n) is 12.0. The topological polar surface area (TPSA) is 0 Å². The van der Waals surface area contributed by atoms with Crippen molar-refractivity contribution in [2.75, 3.05) is 13.1 Å². The van der Waals surface area contributed by atoms with Crippen molar-refractivity contribution < 1.29 is 4.48 Å². The van der Waals surface area contributed by atoms with Crippen LogP contribution in [0.15, 0.2) is 85.0 Å². The van der Waals surface area contributed by atoms with Crippen LogP contribution in [0, 0.1) is 0 Å². The van der Waals surface area contributed by atoms with Crippen LogP contribution in [0.4, 0.5) is 0 Å². The SMILES string of the molecule is CCCCCCCC/C=C/CCCCCCCCCC[N+](CCCCCCCCCC/C=C/CCCCCCCC)(Cc1ccccc1)Cc1ccccc1. The molecule has 1 heteroatoms. The van der Waals surface area contributed by atoms with E-state index >= 15 is 0 Å². The number of allylic oxidation sites excluding steroid dienone is 4. The molecule has 0 amide bonds. The van der Waals surface area contributed by atoms with Crippen LogP contribution in [0.5, 0.6) is 0 Å². The van der Waals surface area contributed by atoms with Crippen LogP contribution in [0.25, 0.3) is 0 Å². The minimum absolute atomic E-state index is 1.16. The quantitative estimate of drug-likeness (QED) is 0.0361. The fourth-order valence-electron chi connectivity index (χ4n) is 8.52. The lowest BCUT2D eigenvalue weighted by molar-refractivity contribution is -0.954. The molecule has 0 saturated heterocycles. The molecule has 2 aromatic carbocycles. The van der Waals surface area contributed by atoms with Gasteiger partial charge in [0.25, 0.3) is 0 Å². The van der Waals surface area contributed by atoms with Crippen LogP contribution in [-0.2, 0) is 13.1 Å². The highest BCUT2D eigenvalue weighted by molar-refractivity contribution is 5.15. The van der Waals surface area contributed by atoms with Gasteiger partial charge in [0.15, 0.2) is 0 Å². The van der Waals surface area contributed by atoms with E-state index in [9.17, 15) is 0 Å². The van der Waals surface area contributed by atoms with Gasteiger partial charge in [-0.2, -0.15) is 0 Å². The number of rotatable bonds is 40. The Kier molecular flexibility index (Phi) is 33.4. The van der Waals surface area contributed by atoms with Gasteiger partial charge < -0.3 is 4.48 Å². The van der Waals surface area contributed by atoms with Crippen LogP contribution < -0.4 is 0 Å². The lowest BCUT2D eigenvalue weighted by Crippen LogP contribution is -2.48. The van der Waals surface area contributed by atoms with Gasteiger partial charge in [-0.15, -0.1) is 0 Å². The average Bonchev–Trinajstić information content (AvgIpc) is 3.20. The zero-order valence-corrected chi connectivity index (χ0v) is 37.0. The summed E-state index contributed by atoms with van der Waals surface area (Å²) in [5.74, 6) is 0. The van der Waals surface area contributed by atoms with E-state index in [1.807, 2.05) is 0 Å². The van der Waals surface area contributed by atoms with Crippen LogP contribution in [-0.4, -0.2) is 17.6 Å². The van der Waals surface area contributed by atoms with Crippen LogP contribution >= 0.6 is 0 Å². The fraction of sp³-hybridized carbons (Fsp3) is 0.704. The van der Waals surface area contributed by atoms with Gasteiger partial charge in [0, 0.05) is 11.1 Å². The maximum atomic E-state index is 2.46. The molecule has 312 valence electrons. The van der Waals surface area contributed by atoms with Gasteiger partial charge in [0.1, 0.15) is 13.1 Å². The van der Waals surface area contributed by atoms with E-state index in [4.69, 9.17) is 0 Å². The molecule has 2 aromatic rings. The van der Waals surface area contributed by atoms with Gasteiger partial charge in [0.05, 0.1) is 13.1 Å². The Hall–Kier alpha value is -2.12. The van der Waals surface area contributed by atoms with Crippen LogP contribution in [0.1, 0.15) is 230 Å². The number of unbranched alkanes of at least 4 members (excludes halogenated alkanes) is 28. The second-order valence-corrected chi connectivity index (χ2v) is 17.4. The molecule has 2 rings (SSSR count). The maximum Gasteiger partial charge on any atom is 0.105 e. The van der Waals surface area contributed by atoms with E-state index in [1.165, 1.54) is 234 Å². The van der Waals surface area contributed by atoms with Crippen LogP contribution in [0.3, 0.4) is 0 Å². The molecule has 0 atom stereocenters. The van der Waals surface area contributed by atoms with Crippen molar-refractivity contribution in [3.05, 3.63) is 96.1 Å². The molecule has 0 aliphatic rings. The van der Waals surface area contributed by atoms with E-state index in [2.05, 4.69) is 98.8 Å². The zero-order valence-electron chi connectivity index (χ0n) is 37.0. The van der Waals surface area contributed by atoms with Gasteiger partial charge in [-0.25, -0.2) is 0 Å². The monoisotopic (exact) mass is 755 g/mol. The van der Waals surface area contributed by atoms with Crippen LogP contribution in [0.2, 0.25) is 0 Å². The van der Waals surface area contributed by atoms with Gasteiger partial charge >= 0.3 is 0 Å². The highest BCUT2D eigenvalue weighted by Crippen LogP contribution is 2.24. The Morgan fingerprint density at radius 2 is 0.564 bits per heavy atom. The Morgan fingerprint density at radius 1 is 0.309 bits per heavy atom. The summed E-state index contributed by atoms with van der Waals surface area (Å²) in [5, 5.41) is 0. The number of quaternary nitrogens is 1. The van der Waals surface area contributed by atoms with Gasteiger partial charge in [-0.3, -0.25) is 0 Å². The molecule has 0 aliphatic carbocycles. The third-order valence-corrected chi connectivity index (χ3v) is 12.0. The van der Waals surface area contributed by atoms with Crippen molar-refractivity contribution in [2.45, 2.75) is 232 Å². The molecule has 0 bridgehead atoms. The van der Waals surface area contributed by atoms with Crippen molar-refractivity contribution >= 4 is 0 Å². The minimum atomic E-state index is 1.16. The number of hydrogen-bond acceptors (Lipinski definition) is 0. The lowest BCUT2D eigenvalue weighted by atomic mass is 10.0. The fourth-order valence-corrected chi connectivity index (χ4v) is 8.52. The minimum Gasteiger partial charge on any atom is -0.316 e. The summed E-state index contributed by atoms with van der Waals surface area (Å²) in [6.45, 7) is 9.54. The Bertz CT molecular complexity index is 1010. The van der Waals surface area contributed by atoms with Gasteiger partial charge in [-0.1, -0.05) is 227 Å². The highest BCUT2D eigenvalue weighted by Gasteiger charge is 2.27. The summed E-state index contributed by atoms with van der Waals surface area (Å²) in [5.41, 5.74) is 3.01. The van der Waals surface area contributed by atoms with E-state index in [-0.39, 0.29) is 0 Å². The third kappa shape index (κ3) is 29.7. The smallest absolute Gasteiger partial charge is 0.105 e. The van der Waals surface area contributed by atoms with Crippen molar-refractivity contribution in [3.63, 3.8) is 0 Å². The predicted octanol–water partition coefficient (Wildman–Crippen LogP) is 17.8. The summed E-state index contributed by atoms with van der Waals surface area (Å²) < 4.78 is 1.22. The average molecular weight is 755 g/mol. The summed E-state index contributed by atoms with van der Waals surface area (Å²) >= 11 is 0. The van der Waals surface area contributed by atoms with E-state index in [0.717, 1.165) is 13.1 Å². The first-order valence-electron chi connectivity index (χ1n) is 24.5. The molecule has 0 N–H and O–H groups in total. The molecule has 0 unspecified atom stereocenters. The van der Waals surface area contributed by atoms with Crippen molar-refractivity contribution in [2.24, 2.45) is 0 Å². The number of hydrogen-bond donors (Lipinski definition) is 0. The number of benzene rings is 2. The van der Waals surface area contributed by atoms with E-state index in [1.54, 1.807) is 0 Å². The number of nitrogens with zero attached hydrogens (tertiary/aromatic N) is 1. The molecule has 55 heavy (non-hydrogen) atoms. The molecule has 1 nitrogen and oxygen atoms in total. The molecule has 0 saturated carbocycles. The molecule has 0 fully saturated rings. The molecule has 0 spiro atoms. The van der Waals surface area contributed by atoms with Crippen molar-refractivity contribution in [1.82, 2.24) is 0 Å². The van der Waals surface area contributed by atoms with E-state index in [0.29, 0.717) is 0 Å². The molecular weight excluding hydrogens is 663 g/mol. The summed E-state index contributed by atoms with van der Waals surface area (Å²) in [6, 6.07) is 22.8. The van der Waals surface area contributed by atoms with Gasteiger partial charge in [0.2, 0.25) is 0 Å². The Balaban J connectivity index is 1.66. The van der Waals surface area contributed by atoms with Gasteiger partial charge in [-0.05, 0) is 77.0 Å². The molecule has 0 heterocycles. The summed E-state index contributed by atoms with van der Waals surface area (Å²) in [7, 11) is 0. The highest BCUT2D eigenvalue weighted by atomic mass is 15.3. The molecule has 0 radical (unpaired) electrons. The molecule has 0 aliphatic heterocycles. The Labute approximate surface area is 344 Å². The Morgan fingerprint density at radius 3 is 0.855 bits per heavy atom. The molecule has 0 aromatic heterocycles. The predicted molar refractivity (Wildman–Crippen MR) is 248 cm³/mol. The standard InChI is InChI=1S/C54H92N/c1-3-5-7-9-11-13-15-17-19-21-23-25-27-29-31-33-35-43-49-55(51-53-45-39-37-40-46-53,52-54-47-41-38-42-48-54)50-44-36-34-32-30-28-26-24-22-20-18-16-14-12-10-8-6-4-2/h17-20,37-42,45-48H,3-16,21-36,43-44,49-52H2,1-2H3/q+1/b19-17+,20-18+. The first-order valence-corrected chi connectivity index (χ1v) is 24.5. The largest absolute Gasteiger partial charge is 0.316 e. The second kappa shape index (κ2) is 37.5. The van der Waals surface area contributed by atoms with E-state index < -0.39 is 0 Å². The van der Waals surface area contributed by atoms with Crippen molar-refractivity contribution in [1.29, 1.82) is 0 Å². The first-order chi connectivity index (χ1) is 27.3. The normalized spacial score (nSPS) is 12.1. The summed E-state index contributed by atoms with van der Waals surface area (Å²) in [6.07, 6.45) is 54.3. The van der Waals surface area contributed by atoms with Crippen molar-refractivity contribution in [3.8, 4) is 0 Å². The second-order valence-electron chi connectivity index (χ2n) is 17.4. The zero-order chi connectivity index (χ0) is 39.0. The summed E-state index contributed by atoms with van der Waals surface area (Å²) in [4.78, 5) is 0. The molecular formula is C54H92N+. The lowest BCUT2D eigenvalue weighted by Gasteiger charge is -2.39. The maximum absolute atomic E-state index is 2.46.